The van der Waals surface area contributed by atoms with Crippen molar-refractivity contribution in [2.24, 2.45) is 4.99 Å². The highest BCUT2D eigenvalue weighted by molar-refractivity contribution is 14.0. The largest absolute Gasteiger partial charge is 0.357 e. The van der Waals surface area contributed by atoms with E-state index < -0.39 is 10.8 Å². The summed E-state index contributed by atoms with van der Waals surface area (Å²) in [4.78, 5) is 9.65. The van der Waals surface area contributed by atoms with Crippen molar-refractivity contribution >= 4 is 40.7 Å². The Labute approximate surface area is 179 Å². The third-order valence-electron chi connectivity index (χ3n) is 5.41. The molecule has 26 heavy (non-hydrogen) atoms. The van der Waals surface area contributed by atoms with Gasteiger partial charge in [0.25, 0.3) is 0 Å². The third kappa shape index (κ3) is 7.59. The van der Waals surface area contributed by atoms with Gasteiger partial charge in [0.2, 0.25) is 0 Å². The Morgan fingerprint density at radius 1 is 1.23 bits per heavy atom. The Kier molecular flexibility index (Phi) is 11.6. The minimum atomic E-state index is -0.682. The Bertz CT molecular complexity index is 465. The molecule has 8 heteroatoms. The number of aliphatic imine (C=N–C) groups is 1. The fourth-order valence-electron chi connectivity index (χ4n) is 3.76. The summed E-state index contributed by atoms with van der Waals surface area (Å²) in [5.41, 5.74) is 0. The number of halogens is 1. The quantitative estimate of drug-likeness (QED) is 0.330. The molecule has 1 aliphatic heterocycles. The summed E-state index contributed by atoms with van der Waals surface area (Å²) in [6.07, 6.45) is 4.40. The van der Waals surface area contributed by atoms with Crippen LogP contribution in [0, 0.1) is 0 Å². The van der Waals surface area contributed by atoms with Crippen molar-refractivity contribution in [2.75, 3.05) is 52.6 Å². The lowest BCUT2D eigenvalue weighted by atomic mass is 9.95. The van der Waals surface area contributed by atoms with Crippen LogP contribution in [0.1, 0.15) is 39.5 Å². The van der Waals surface area contributed by atoms with Crippen molar-refractivity contribution in [1.82, 2.24) is 20.4 Å². The molecular weight excluding hydrogens is 461 g/mol. The molecule has 4 atom stereocenters. The number of guanidine groups is 1. The van der Waals surface area contributed by atoms with Crippen molar-refractivity contribution in [2.45, 2.75) is 56.9 Å². The van der Waals surface area contributed by atoms with Crippen molar-refractivity contribution in [3.05, 3.63) is 0 Å². The van der Waals surface area contributed by atoms with Crippen LogP contribution in [-0.2, 0) is 10.8 Å². The topological polar surface area (TPSA) is 60.0 Å². The molecule has 0 aromatic carbocycles. The number of rotatable bonds is 6. The van der Waals surface area contributed by atoms with Gasteiger partial charge in [0.15, 0.2) is 5.96 Å². The molecule has 0 aromatic heterocycles. The summed E-state index contributed by atoms with van der Waals surface area (Å²) in [5, 5.41) is 7.33. The predicted octanol–water partition coefficient (Wildman–Crippen LogP) is 1.49. The van der Waals surface area contributed by atoms with E-state index in [9.17, 15) is 4.21 Å². The molecule has 2 N–H and O–H groups in total. The fraction of sp³-hybridized carbons (Fsp3) is 0.944. The van der Waals surface area contributed by atoms with Gasteiger partial charge in [-0.25, -0.2) is 0 Å². The standard InChI is InChI=1S/C18H37N5OS.HI/c1-5-19-18(20-13-16-14-22(3)10-11-23(16)4)21-15-8-7-9-17(12-15)25(24)6-2;/h15-17H,5-14H2,1-4H3,(H2,19,20,21);1H. The first kappa shape index (κ1) is 24.1. The second kappa shape index (κ2) is 12.5. The van der Waals surface area contributed by atoms with E-state index in [2.05, 4.69) is 41.5 Å². The third-order valence-corrected chi connectivity index (χ3v) is 7.15. The minimum absolute atomic E-state index is 0. The molecule has 2 aliphatic rings. The van der Waals surface area contributed by atoms with E-state index >= 15 is 0 Å². The number of hydrogen-bond acceptors (Lipinski definition) is 4. The van der Waals surface area contributed by atoms with Gasteiger partial charge in [0.05, 0.1) is 6.54 Å². The zero-order valence-electron chi connectivity index (χ0n) is 16.9. The number of nitrogens with zero attached hydrogens (tertiary/aromatic N) is 3. The smallest absolute Gasteiger partial charge is 0.191 e. The van der Waals surface area contributed by atoms with Crippen molar-refractivity contribution in [3.63, 3.8) is 0 Å². The molecule has 1 aliphatic carbocycles. The molecule has 154 valence electrons. The van der Waals surface area contributed by atoms with Gasteiger partial charge >= 0.3 is 0 Å². The zero-order chi connectivity index (χ0) is 18.2. The summed E-state index contributed by atoms with van der Waals surface area (Å²) in [6, 6.07) is 0.861. The van der Waals surface area contributed by atoms with Crippen LogP contribution in [0.4, 0.5) is 0 Å². The predicted molar refractivity (Wildman–Crippen MR) is 123 cm³/mol. The maximum atomic E-state index is 12.2. The number of hydrogen-bond donors (Lipinski definition) is 2. The van der Waals surface area contributed by atoms with Gasteiger partial charge in [-0.05, 0) is 40.3 Å². The first-order valence-corrected chi connectivity index (χ1v) is 11.2. The molecule has 6 nitrogen and oxygen atoms in total. The highest BCUT2D eigenvalue weighted by Crippen LogP contribution is 2.23. The summed E-state index contributed by atoms with van der Waals surface area (Å²) >= 11 is 0. The molecule has 1 saturated heterocycles. The first-order valence-electron chi connectivity index (χ1n) is 9.84. The van der Waals surface area contributed by atoms with E-state index in [0.717, 1.165) is 70.1 Å². The van der Waals surface area contributed by atoms with E-state index in [1.165, 1.54) is 0 Å². The Hall–Kier alpha value is 0.0700. The van der Waals surface area contributed by atoms with Crippen LogP contribution in [0.25, 0.3) is 0 Å². The average Bonchev–Trinajstić information content (AvgIpc) is 2.62. The maximum Gasteiger partial charge on any atom is 0.191 e. The van der Waals surface area contributed by atoms with Gasteiger partial charge in [-0.1, -0.05) is 13.3 Å². The van der Waals surface area contributed by atoms with Crippen molar-refractivity contribution in [3.8, 4) is 0 Å². The van der Waals surface area contributed by atoms with Gasteiger partial charge in [-0.2, -0.15) is 0 Å². The molecule has 4 unspecified atom stereocenters. The summed E-state index contributed by atoms with van der Waals surface area (Å²) < 4.78 is 12.2. The number of piperazine rings is 1. The molecule has 2 fully saturated rings. The highest BCUT2D eigenvalue weighted by atomic mass is 127. The van der Waals surface area contributed by atoms with E-state index in [4.69, 9.17) is 4.99 Å². The second-order valence-electron chi connectivity index (χ2n) is 7.42. The van der Waals surface area contributed by atoms with Crippen molar-refractivity contribution < 1.29 is 4.21 Å². The zero-order valence-corrected chi connectivity index (χ0v) is 20.0. The number of nitrogens with one attached hydrogen (secondary N) is 2. The lowest BCUT2D eigenvalue weighted by Crippen LogP contribution is -2.52. The molecule has 0 aromatic rings. The normalized spacial score (nSPS) is 29.7. The minimum Gasteiger partial charge on any atom is -0.357 e. The maximum absolute atomic E-state index is 12.2. The van der Waals surface area contributed by atoms with Crippen LogP contribution in [0.3, 0.4) is 0 Å². The molecule has 2 rings (SSSR count). The van der Waals surface area contributed by atoms with Crippen LogP contribution in [-0.4, -0.2) is 89.9 Å². The SMILES string of the molecule is CCNC(=NCC1CN(C)CCN1C)NC1CCCC(S(=O)CC)C1.I. The molecular formula is C18H38IN5OS. The second-order valence-corrected chi connectivity index (χ2v) is 9.42. The van der Waals surface area contributed by atoms with Gasteiger partial charge < -0.3 is 15.5 Å². The Morgan fingerprint density at radius 2 is 2.00 bits per heavy atom. The summed E-state index contributed by atoms with van der Waals surface area (Å²) in [6.45, 7) is 9.11. The summed E-state index contributed by atoms with van der Waals surface area (Å²) in [5.74, 6) is 1.68. The van der Waals surface area contributed by atoms with Crippen LogP contribution in [0.15, 0.2) is 4.99 Å². The molecule has 0 radical (unpaired) electrons. The van der Waals surface area contributed by atoms with Crippen LogP contribution in [0.2, 0.25) is 0 Å². The molecule has 0 spiro atoms. The van der Waals surface area contributed by atoms with Gasteiger partial charge in [-0.15, -0.1) is 24.0 Å². The summed E-state index contributed by atoms with van der Waals surface area (Å²) in [7, 11) is 3.70. The van der Waals surface area contributed by atoms with Crippen LogP contribution < -0.4 is 10.6 Å². The molecule has 0 bridgehead atoms. The highest BCUT2D eigenvalue weighted by Gasteiger charge is 2.26. The van der Waals surface area contributed by atoms with Gasteiger partial charge in [0.1, 0.15) is 0 Å². The van der Waals surface area contributed by atoms with Gasteiger partial charge in [-0.3, -0.25) is 14.1 Å². The van der Waals surface area contributed by atoms with Gasteiger partial charge in [0, 0.05) is 60.1 Å². The van der Waals surface area contributed by atoms with E-state index in [1.54, 1.807) is 0 Å². The monoisotopic (exact) mass is 499 g/mol. The van der Waals surface area contributed by atoms with E-state index in [0.29, 0.717) is 17.3 Å². The lowest BCUT2D eigenvalue weighted by Gasteiger charge is -2.37. The van der Waals surface area contributed by atoms with E-state index in [1.807, 2.05) is 6.92 Å². The van der Waals surface area contributed by atoms with Crippen LogP contribution >= 0.6 is 24.0 Å². The average molecular weight is 500 g/mol. The molecule has 0 amide bonds. The number of likely N-dealkylation sites (N-methyl/N-ethyl adjacent to an activating group) is 2. The fourth-order valence-corrected chi connectivity index (χ4v) is 5.11. The molecule has 1 heterocycles. The lowest BCUT2D eigenvalue weighted by molar-refractivity contribution is 0.119. The Morgan fingerprint density at radius 3 is 2.69 bits per heavy atom. The Balaban J connectivity index is 0.00000338. The first-order chi connectivity index (χ1) is 12.0. The van der Waals surface area contributed by atoms with E-state index in [-0.39, 0.29) is 24.0 Å². The van der Waals surface area contributed by atoms with Crippen LogP contribution in [0.5, 0.6) is 0 Å². The van der Waals surface area contributed by atoms with Crippen molar-refractivity contribution in [1.29, 1.82) is 0 Å². The molecule has 1 saturated carbocycles.